The van der Waals surface area contributed by atoms with Gasteiger partial charge in [-0.25, -0.2) is 0 Å². The predicted molar refractivity (Wildman–Crippen MR) is 79.4 cm³/mol. The molecule has 1 aliphatic heterocycles. The molecule has 0 amide bonds. The smallest absolute Gasteiger partial charge is 0.149 e. The zero-order valence-corrected chi connectivity index (χ0v) is 11.5. The zero-order valence-electron chi connectivity index (χ0n) is 11.5. The van der Waals surface area contributed by atoms with Gasteiger partial charge in [-0.3, -0.25) is 4.79 Å². The monoisotopic (exact) mass is 266 g/mol. The Hall–Kier alpha value is -2.01. The summed E-state index contributed by atoms with van der Waals surface area (Å²) in [6.45, 7) is 0.357. The van der Waals surface area contributed by atoms with E-state index in [1.54, 1.807) is 0 Å². The Morgan fingerprint density at radius 3 is 2.95 bits per heavy atom. The van der Waals surface area contributed by atoms with Crippen LogP contribution in [0, 0.1) is 17.8 Å². The summed E-state index contributed by atoms with van der Waals surface area (Å²) in [5.74, 6) is 8.14. The van der Waals surface area contributed by atoms with E-state index in [1.165, 1.54) is 25.7 Å². The molecular formula is C18H18O2. The highest BCUT2D eigenvalue weighted by Gasteiger charge is 2.13. The van der Waals surface area contributed by atoms with Crippen LogP contribution < -0.4 is 4.74 Å². The molecular weight excluding hydrogens is 248 g/mol. The van der Waals surface area contributed by atoms with E-state index in [-0.39, 0.29) is 0 Å². The SMILES string of the molecule is O=CC1=Cc2ccc(C#CCC3CCCC3)cc2OC1. The van der Waals surface area contributed by atoms with E-state index in [1.807, 2.05) is 24.3 Å². The third-order valence-corrected chi connectivity index (χ3v) is 4.00. The number of hydrogen-bond donors (Lipinski definition) is 0. The van der Waals surface area contributed by atoms with E-state index in [0.29, 0.717) is 12.2 Å². The first-order valence-electron chi connectivity index (χ1n) is 7.26. The van der Waals surface area contributed by atoms with Gasteiger partial charge >= 0.3 is 0 Å². The molecule has 1 saturated carbocycles. The maximum absolute atomic E-state index is 10.7. The summed E-state index contributed by atoms with van der Waals surface area (Å²) in [6, 6.07) is 5.93. The second kappa shape index (κ2) is 5.96. The highest BCUT2D eigenvalue weighted by atomic mass is 16.5. The first-order chi connectivity index (χ1) is 9.85. The van der Waals surface area contributed by atoms with Crippen molar-refractivity contribution in [1.29, 1.82) is 0 Å². The minimum absolute atomic E-state index is 0.357. The summed E-state index contributed by atoms with van der Waals surface area (Å²) in [6.07, 6.45) is 9.13. The number of aldehydes is 1. The van der Waals surface area contributed by atoms with Crippen LogP contribution in [0.15, 0.2) is 23.8 Å². The molecule has 1 aromatic carbocycles. The Labute approximate surface area is 119 Å². The first kappa shape index (κ1) is 13.0. The van der Waals surface area contributed by atoms with Crippen molar-refractivity contribution >= 4 is 12.4 Å². The average molecular weight is 266 g/mol. The molecule has 1 aliphatic carbocycles. The number of rotatable bonds is 2. The molecule has 2 nitrogen and oxygen atoms in total. The van der Waals surface area contributed by atoms with Crippen LogP contribution in [0.5, 0.6) is 5.75 Å². The van der Waals surface area contributed by atoms with Crippen molar-refractivity contribution in [2.45, 2.75) is 32.1 Å². The lowest BCUT2D eigenvalue weighted by atomic mass is 10.0. The van der Waals surface area contributed by atoms with Gasteiger partial charge in [-0.15, -0.1) is 0 Å². The second-order valence-corrected chi connectivity index (χ2v) is 5.53. The van der Waals surface area contributed by atoms with E-state index in [4.69, 9.17) is 4.74 Å². The molecule has 0 atom stereocenters. The van der Waals surface area contributed by atoms with Gasteiger partial charge in [0.25, 0.3) is 0 Å². The number of ether oxygens (including phenoxy) is 1. The Kier molecular flexibility index (Phi) is 3.87. The zero-order chi connectivity index (χ0) is 13.8. The molecule has 0 bridgehead atoms. The van der Waals surface area contributed by atoms with Crippen molar-refractivity contribution in [2.75, 3.05) is 6.61 Å². The fourth-order valence-corrected chi connectivity index (χ4v) is 2.84. The molecule has 0 N–H and O–H groups in total. The van der Waals surface area contributed by atoms with Crippen molar-refractivity contribution in [1.82, 2.24) is 0 Å². The molecule has 0 radical (unpaired) electrons. The van der Waals surface area contributed by atoms with Gasteiger partial charge in [-0.1, -0.05) is 30.7 Å². The minimum atomic E-state index is 0.357. The van der Waals surface area contributed by atoms with Gasteiger partial charge in [0.15, 0.2) is 0 Å². The Bertz CT molecular complexity index is 596. The second-order valence-electron chi connectivity index (χ2n) is 5.53. The molecule has 1 aromatic rings. The van der Waals surface area contributed by atoms with Crippen molar-refractivity contribution < 1.29 is 9.53 Å². The van der Waals surface area contributed by atoms with Crippen LogP contribution in [0.2, 0.25) is 0 Å². The van der Waals surface area contributed by atoms with E-state index < -0.39 is 0 Å². The molecule has 0 saturated heterocycles. The predicted octanol–water partition coefficient (Wildman–Crippen LogP) is 3.59. The molecule has 2 aliphatic rings. The molecule has 0 unspecified atom stereocenters. The lowest BCUT2D eigenvalue weighted by Crippen LogP contribution is -2.08. The van der Waals surface area contributed by atoms with Gasteiger partial charge in [0, 0.05) is 23.1 Å². The normalized spacial score (nSPS) is 17.5. The maximum Gasteiger partial charge on any atom is 0.149 e. The third-order valence-electron chi connectivity index (χ3n) is 4.00. The lowest BCUT2D eigenvalue weighted by molar-refractivity contribution is -0.105. The Balaban J connectivity index is 1.71. The molecule has 0 aromatic heterocycles. The van der Waals surface area contributed by atoms with Gasteiger partial charge < -0.3 is 4.74 Å². The van der Waals surface area contributed by atoms with Crippen molar-refractivity contribution in [2.24, 2.45) is 5.92 Å². The molecule has 20 heavy (non-hydrogen) atoms. The van der Waals surface area contributed by atoms with Gasteiger partial charge in [-0.2, -0.15) is 0 Å². The summed E-state index contributed by atoms with van der Waals surface area (Å²) in [5, 5.41) is 0. The topological polar surface area (TPSA) is 26.3 Å². The molecule has 102 valence electrons. The summed E-state index contributed by atoms with van der Waals surface area (Å²) < 4.78 is 5.58. The van der Waals surface area contributed by atoms with E-state index in [2.05, 4.69) is 11.8 Å². The number of carbonyl (C=O) groups excluding carboxylic acids is 1. The number of fused-ring (bicyclic) bond motifs is 1. The largest absolute Gasteiger partial charge is 0.488 e. The summed E-state index contributed by atoms with van der Waals surface area (Å²) in [5.41, 5.74) is 2.63. The van der Waals surface area contributed by atoms with Gasteiger partial charge in [-0.05, 0) is 37.0 Å². The molecule has 1 fully saturated rings. The summed E-state index contributed by atoms with van der Waals surface area (Å²) in [4.78, 5) is 10.7. The van der Waals surface area contributed by atoms with Crippen molar-refractivity contribution in [3.63, 3.8) is 0 Å². The number of benzene rings is 1. The fraction of sp³-hybridized carbons (Fsp3) is 0.389. The van der Waals surface area contributed by atoms with E-state index >= 15 is 0 Å². The molecule has 2 heteroatoms. The maximum atomic E-state index is 10.7. The van der Waals surface area contributed by atoms with E-state index in [9.17, 15) is 4.79 Å². The minimum Gasteiger partial charge on any atom is -0.488 e. The standard InChI is InChI=1S/C18H18O2/c19-12-16-10-17-9-8-15(11-18(17)20-13-16)7-3-6-14-4-1-2-5-14/h8-12,14H,1-2,4-6,13H2. The van der Waals surface area contributed by atoms with Gasteiger partial charge in [0.1, 0.15) is 18.6 Å². The number of hydrogen-bond acceptors (Lipinski definition) is 2. The quantitative estimate of drug-likeness (QED) is 0.604. The third kappa shape index (κ3) is 2.93. The van der Waals surface area contributed by atoms with Crippen molar-refractivity contribution in [3.8, 4) is 17.6 Å². The van der Waals surface area contributed by atoms with Crippen LogP contribution in [0.3, 0.4) is 0 Å². The lowest BCUT2D eigenvalue weighted by Gasteiger charge is -2.15. The number of carbonyl (C=O) groups is 1. The van der Waals surface area contributed by atoms with E-state index in [0.717, 1.165) is 35.5 Å². The van der Waals surface area contributed by atoms with Gasteiger partial charge in [0.2, 0.25) is 0 Å². The van der Waals surface area contributed by atoms with Crippen LogP contribution in [-0.4, -0.2) is 12.9 Å². The Morgan fingerprint density at radius 1 is 1.30 bits per heavy atom. The average Bonchev–Trinajstić information content (AvgIpc) is 3.00. The van der Waals surface area contributed by atoms with Crippen molar-refractivity contribution in [3.05, 3.63) is 34.9 Å². The highest BCUT2D eigenvalue weighted by Crippen LogP contribution is 2.28. The van der Waals surface area contributed by atoms with Crippen LogP contribution in [0.1, 0.15) is 43.2 Å². The highest BCUT2D eigenvalue weighted by molar-refractivity contribution is 5.84. The first-order valence-corrected chi connectivity index (χ1v) is 7.26. The molecule has 1 heterocycles. The molecule has 3 rings (SSSR count). The van der Waals surface area contributed by atoms with Crippen LogP contribution in [0.25, 0.3) is 6.08 Å². The Morgan fingerprint density at radius 2 is 2.15 bits per heavy atom. The van der Waals surface area contributed by atoms with Gasteiger partial charge in [0.05, 0.1) is 0 Å². The molecule has 0 spiro atoms. The van der Waals surface area contributed by atoms with Crippen LogP contribution in [0.4, 0.5) is 0 Å². The van der Waals surface area contributed by atoms with Crippen LogP contribution >= 0.6 is 0 Å². The van der Waals surface area contributed by atoms with Crippen LogP contribution in [-0.2, 0) is 4.79 Å². The summed E-state index contributed by atoms with van der Waals surface area (Å²) in [7, 11) is 0. The summed E-state index contributed by atoms with van der Waals surface area (Å²) >= 11 is 0. The fourth-order valence-electron chi connectivity index (χ4n) is 2.84.